The van der Waals surface area contributed by atoms with E-state index in [9.17, 15) is 0 Å². The van der Waals surface area contributed by atoms with E-state index >= 15 is 0 Å². The largest absolute Gasteiger partial charge is 0.303 e. The Morgan fingerprint density at radius 2 is 0.404 bits per heavy atom. The molecular formula is C51H105N. The molecule has 0 aromatic heterocycles. The van der Waals surface area contributed by atoms with Crippen molar-refractivity contribution in [3.8, 4) is 0 Å². The summed E-state index contributed by atoms with van der Waals surface area (Å²) >= 11 is 0. The fraction of sp³-hybridized carbons (Fsp3) is 1.00. The van der Waals surface area contributed by atoms with E-state index in [1.807, 2.05) is 0 Å². The van der Waals surface area contributed by atoms with Crippen LogP contribution < -0.4 is 0 Å². The summed E-state index contributed by atoms with van der Waals surface area (Å²) in [4.78, 5) is 2.88. The summed E-state index contributed by atoms with van der Waals surface area (Å²) in [6, 6.07) is 0. The van der Waals surface area contributed by atoms with Gasteiger partial charge in [0.2, 0.25) is 0 Å². The summed E-state index contributed by atoms with van der Waals surface area (Å²) in [7, 11) is 0. The van der Waals surface area contributed by atoms with Gasteiger partial charge in [0.15, 0.2) is 0 Å². The third-order valence-corrected chi connectivity index (χ3v) is 12.1. The van der Waals surface area contributed by atoms with Crippen LogP contribution in [-0.2, 0) is 0 Å². The number of nitrogens with zero attached hydrogens (tertiary/aromatic N) is 1. The second-order valence-electron chi connectivity index (χ2n) is 18.6. The van der Waals surface area contributed by atoms with Gasteiger partial charge in [-0.15, -0.1) is 0 Å². The van der Waals surface area contributed by atoms with Crippen LogP contribution in [0.3, 0.4) is 0 Å². The molecule has 0 radical (unpaired) electrons. The van der Waals surface area contributed by atoms with Gasteiger partial charge in [0.05, 0.1) is 0 Å². The van der Waals surface area contributed by atoms with E-state index in [0.717, 1.165) is 11.8 Å². The molecule has 0 saturated carbocycles. The molecule has 1 heteroatoms. The summed E-state index contributed by atoms with van der Waals surface area (Å²) in [6.45, 7) is 15.9. The van der Waals surface area contributed by atoms with Crippen LogP contribution in [-0.4, -0.2) is 24.5 Å². The molecule has 52 heavy (non-hydrogen) atoms. The first-order valence-electron chi connectivity index (χ1n) is 25.3. The molecule has 0 aromatic carbocycles. The molecule has 314 valence electrons. The lowest BCUT2D eigenvalue weighted by Gasteiger charge is -2.22. The van der Waals surface area contributed by atoms with Gasteiger partial charge in [-0.3, -0.25) is 0 Å². The lowest BCUT2D eigenvalue weighted by Crippen LogP contribution is -2.27. The molecule has 0 atom stereocenters. The summed E-state index contributed by atoms with van der Waals surface area (Å²) in [5.41, 5.74) is 0. The van der Waals surface area contributed by atoms with Crippen molar-refractivity contribution in [3.05, 3.63) is 0 Å². The smallest absolute Gasteiger partial charge is 0.00187 e. The molecule has 0 heterocycles. The second kappa shape index (κ2) is 45.4. The van der Waals surface area contributed by atoms with E-state index in [1.54, 1.807) is 0 Å². The van der Waals surface area contributed by atoms with E-state index in [2.05, 4.69) is 39.5 Å². The Hall–Kier alpha value is -0.0400. The van der Waals surface area contributed by atoms with Gasteiger partial charge in [0.25, 0.3) is 0 Å². The predicted octanol–water partition coefficient (Wildman–Crippen LogP) is 18.6. The highest BCUT2D eigenvalue weighted by atomic mass is 15.1. The molecule has 0 aliphatic heterocycles. The van der Waals surface area contributed by atoms with Gasteiger partial charge in [-0.05, 0) is 50.7 Å². The van der Waals surface area contributed by atoms with Crippen LogP contribution in [0.5, 0.6) is 0 Å². The van der Waals surface area contributed by atoms with Gasteiger partial charge >= 0.3 is 0 Å². The number of hydrogen-bond acceptors (Lipinski definition) is 1. The van der Waals surface area contributed by atoms with Crippen molar-refractivity contribution in [1.82, 2.24) is 4.90 Å². The Labute approximate surface area is 333 Å². The lowest BCUT2D eigenvalue weighted by atomic mass is 10.0. The van der Waals surface area contributed by atoms with Gasteiger partial charge < -0.3 is 4.90 Å². The van der Waals surface area contributed by atoms with Crippen LogP contribution in [0.2, 0.25) is 0 Å². The average molecular weight is 732 g/mol. The van der Waals surface area contributed by atoms with Gasteiger partial charge in [-0.1, -0.05) is 279 Å². The van der Waals surface area contributed by atoms with Crippen LogP contribution in [0.1, 0.15) is 298 Å². The topological polar surface area (TPSA) is 3.24 Å². The molecule has 0 N–H and O–H groups in total. The van der Waals surface area contributed by atoms with Gasteiger partial charge in [-0.25, -0.2) is 0 Å². The van der Waals surface area contributed by atoms with Crippen LogP contribution in [0.15, 0.2) is 0 Å². The van der Waals surface area contributed by atoms with E-state index in [1.165, 1.54) is 283 Å². The quantitative estimate of drug-likeness (QED) is 0.0564. The third kappa shape index (κ3) is 46.1. The summed E-state index contributed by atoms with van der Waals surface area (Å²) in [5, 5.41) is 0. The van der Waals surface area contributed by atoms with Crippen molar-refractivity contribution in [2.75, 3.05) is 19.6 Å². The minimum Gasteiger partial charge on any atom is -0.303 e. The monoisotopic (exact) mass is 732 g/mol. The van der Waals surface area contributed by atoms with E-state index < -0.39 is 0 Å². The molecular weight excluding hydrogens is 627 g/mol. The number of hydrogen-bond donors (Lipinski definition) is 0. The number of unbranched alkanes of at least 4 members (excludes halogenated alkanes) is 36. The highest BCUT2D eigenvalue weighted by Gasteiger charge is 2.06. The first kappa shape index (κ1) is 52.0. The van der Waals surface area contributed by atoms with Crippen LogP contribution in [0.25, 0.3) is 0 Å². The van der Waals surface area contributed by atoms with E-state index in [4.69, 9.17) is 0 Å². The Bertz CT molecular complexity index is 572. The highest BCUT2D eigenvalue weighted by molar-refractivity contribution is 4.61. The first-order chi connectivity index (χ1) is 25.6. The fourth-order valence-corrected chi connectivity index (χ4v) is 8.35. The fourth-order valence-electron chi connectivity index (χ4n) is 8.35. The highest BCUT2D eigenvalue weighted by Crippen LogP contribution is 2.18. The minimum atomic E-state index is 0.890. The maximum atomic E-state index is 2.88. The van der Waals surface area contributed by atoms with Crippen molar-refractivity contribution in [1.29, 1.82) is 0 Å². The summed E-state index contributed by atoms with van der Waals surface area (Å²) in [5.74, 6) is 1.78. The second-order valence-corrected chi connectivity index (χ2v) is 18.6. The van der Waals surface area contributed by atoms with Gasteiger partial charge in [-0.2, -0.15) is 0 Å². The molecule has 1 nitrogen and oxygen atoms in total. The molecule has 0 rings (SSSR count). The Morgan fingerprint density at radius 3 is 0.596 bits per heavy atom. The molecule has 0 spiro atoms. The Balaban J connectivity index is 3.94. The lowest BCUT2D eigenvalue weighted by molar-refractivity contribution is 0.254. The van der Waals surface area contributed by atoms with Crippen molar-refractivity contribution >= 4 is 0 Å². The maximum absolute atomic E-state index is 2.88. The zero-order chi connectivity index (χ0) is 37.8. The van der Waals surface area contributed by atoms with Crippen molar-refractivity contribution < 1.29 is 0 Å². The SMILES string of the molecule is CCCCCCCCCCCCCCCN(CCCCCCCCCCCCCCCC(C)C)CCCCCCCCCCCCCCCC(C)C. The normalized spacial score (nSPS) is 12.0. The zero-order valence-corrected chi connectivity index (χ0v) is 37.7. The standard InChI is InChI=1S/C51H105N/c1-6-7-8-9-10-11-12-17-22-27-32-37-42-47-52(48-43-38-33-28-23-18-13-15-20-25-30-35-40-45-50(2)3)49-44-39-34-29-24-19-14-16-21-26-31-36-41-46-51(4)5/h50-51H,6-49H2,1-5H3. The van der Waals surface area contributed by atoms with Gasteiger partial charge in [0.1, 0.15) is 0 Å². The van der Waals surface area contributed by atoms with Crippen LogP contribution in [0, 0.1) is 11.8 Å². The predicted molar refractivity (Wildman–Crippen MR) is 241 cm³/mol. The van der Waals surface area contributed by atoms with E-state index in [-0.39, 0.29) is 0 Å². The minimum absolute atomic E-state index is 0.890. The van der Waals surface area contributed by atoms with Crippen LogP contribution >= 0.6 is 0 Å². The molecule has 0 amide bonds. The third-order valence-electron chi connectivity index (χ3n) is 12.1. The Kier molecular flexibility index (Phi) is 45.3. The van der Waals surface area contributed by atoms with Gasteiger partial charge in [0, 0.05) is 0 Å². The molecule has 0 aromatic rings. The summed E-state index contributed by atoms with van der Waals surface area (Å²) in [6.07, 6.45) is 60.1. The maximum Gasteiger partial charge on any atom is -0.00187 e. The first-order valence-corrected chi connectivity index (χ1v) is 25.3. The van der Waals surface area contributed by atoms with Crippen molar-refractivity contribution in [2.45, 2.75) is 298 Å². The van der Waals surface area contributed by atoms with Crippen molar-refractivity contribution in [2.24, 2.45) is 11.8 Å². The van der Waals surface area contributed by atoms with Crippen molar-refractivity contribution in [3.63, 3.8) is 0 Å². The summed E-state index contributed by atoms with van der Waals surface area (Å²) < 4.78 is 0. The van der Waals surface area contributed by atoms with Crippen LogP contribution in [0.4, 0.5) is 0 Å². The molecule has 0 aliphatic carbocycles. The van der Waals surface area contributed by atoms with E-state index in [0.29, 0.717) is 0 Å². The molecule has 0 unspecified atom stereocenters. The number of rotatable bonds is 46. The average Bonchev–Trinajstić information content (AvgIpc) is 3.12. The molecule has 0 bridgehead atoms. The Morgan fingerprint density at radius 1 is 0.231 bits per heavy atom. The zero-order valence-electron chi connectivity index (χ0n) is 37.7. The molecule has 0 saturated heterocycles. The molecule has 0 aliphatic rings. The molecule has 0 fully saturated rings.